The average Bonchev–Trinajstić information content (AvgIpc) is 3.46. The second-order valence-electron chi connectivity index (χ2n) is 6.33. The third-order valence-corrected chi connectivity index (χ3v) is 6.19. The van der Waals surface area contributed by atoms with Gasteiger partial charge < -0.3 is 4.74 Å². The third kappa shape index (κ3) is 3.64. The van der Waals surface area contributed by atoms with Gasteiger partial charge in [-0.1, -0.05) is 53.7 Å². The van der Waals surface area contributed by atoms with Crippen molar-refractivity contribution in [1.82, 2.24) is 25.6 Å². The van der Waals surface area contributed by atoms with Crippen molar-refractivity contribution in [2.24, 2.45) is 0 Å². The van der Waals surface area contributed by atoms with Gasteiger partial charge in [-0.15, -0.1) is 21.5 Å². The lowest BCUT2D eigenvalue weighted by atomic mass is 10.1. The standard InChI is InChI=1S/C21H14BrN5OS/c22-20-16-8-6-15(17-12-29-21(23-17)13-4-2-1-3-5-13)10-14(16)7-9-18(20)28-11-19-24-26-27-25-19/h1-10,12H,11H2,(H,24,25,26,27). The Labute approximate surface area is 178 Å². The molecule has 0 atom stereocenters. The summed E-state index contributed by atoms with van der Waals surface area (Å²) in [6.07, 6.45) is 0. The number of benzene rings is 3. The number of aromatic nitrogens is 5. The van der Waals surface area contributed by atoms with Crippen molar-refractivity contribution in [2.75, 3.05) is 0 Å². The Kier molecular flexibility index (Phi) is 4.79. The summed E-state index contributed by atoms with van der Waals surface area (Å²) in [5.41, 5.74) is 3.20. The van der Waals surface area contributed by atoms with E-state index in [0.717, 1.165) is 42.8 Å². The molecule has 0 aliphatic heterocycles. The van der Waals surface area contributed by atoms with Crippen LogP contribution >= 0.6 is 27.3 Å². The van der Waals surface area contributed by atoms with Gasteiger partial charge in [0.2, 0.25) is 5.82 Å². The Hall–Kier alpha value is -3.10. The lowest BCUT2D eigenvalue weighted by molar-refractivity contribution is 0.294. The van der Waals surface area contributed by atoms with Crippen LogP contribution in [0.4, 0.5) is 0 Å². The Morgan fingerprint density at radius 3 is 2.72 bits per heavy atom. The van der Waals surface area contributed by atoms with Gasteiger partial charge in [0, 0.05) is 16.5 Å². The minimum Gasteiger partial charge on any atom is -0.484 e. The fourth-order valence-electron chi connectivity index (χ4n) is 3.05. The second kappa shape index (κ2) is 7.73. The van der Waals surface area contributed by atoms with E-state index in [0.29, 0.717) is 5.82 Å². The Balaban J connectivity index is 1.43. The maximum Gasteiger partial charge on any atom is 0.211 e. The third-order valence-electron chi connectivity index (χ3n) is 4.49. The number of hydrogen-bond acceptors (Lipinski definition) is 6. The molecule has 3 aromatic carbocycles. The summed E-state index contributed by atoms with van der Waals surface area (Å²) in [6.45, 7) is 0.250. The number of thiazole rings is 1. The first-order chi connectivity index (χ1) is 14.3. The maximum atomic E-state index is 5.81. The monoisotopic (exact) mass is 463 g/mol. The summed E-state index contributed by atoms with van der Waals surface area (Å²) in [6, 6.07) is 20.5. The lowest BCUT2D eigenvalue weighted by Gasteiger charge is -2.10. The van der Waals surface area contributed by atoms with Crippen LogP contribution in [0.15, 0.2) is 70.5 Å². The predicted octanol–water partition coefficient (Wildman–Crippen LogP) is 5.48. The van der Waals surface area contributed by atoms with Gasteiger partial charge in [0.05, 0.1) is 10.2 Å². The summed E-state index contributed by atoms with van der Waals surface area (Å²) < 4.78 is 6.71. The van der Waals surface area contributed by atoms with E-state index in [1.54, 1.807) is 11.3 Å². The number of nitrogens with one attached hydrogen (secondary N) is 1. The van der Waals surface area contributed by atoms with Crippen LogP contribution in [-0.4, -0.2) is 25.6 Å². The molecule has 0 radical (unpaired) electrons. The highest BCUT2D eigenvalue weighted by molar-refractivity contribution is 9.10. The number of hydrogen-bond donors (Lipinski definition) is 1. The van der Waals surface area contributed by atoms with Crippen LogP contribution < -0.4 is 4.74 Å². The van der Waals surface area contributed by atoms with E-state index in [9.17, 15) is 0 Å². The first kappa shape index (κ1) is 18.0. The Morgan fingerprint density at radius 1 is 1.00 bits per heavy atom. The van der Waals surface area contributed by atoms with Gasteiger partial charge in [0.25, 0.3) is 0 Å². The van der Waals surface area contributed by atoms with E-state index in [-0.39, 0.29) is 6.61 Å². The van der Waals surface area contributed by atoms with Gasteiger partial charge in [-0.3, -0.25) is 0 Å². The van der Waals surface area contributed by atoms with Gasteiger partial charge in [0.15, 0.2) is 6.61 Å². The molecule has 0 saturated heterocycles. The van der Waals surface area contributed by atoms with Crippen LogP contribution in [0.3, 0.4) is 0 Å². The van der Waals surface area contributed by atoms with Gasteiger partial charge >= 0.3 is 0 Å². The summed E-state index contributed by atoms with van der Waals surface area (Å²) in [7, 11) is 0. The van der Waals surface area contributed by atoms with Crippen LogP contribution in [0.25, 0.3) is 32.6 Å². The molecule has 0 fully saturated rings. The van der Waals surface area contributed by atoms with E-state index in [1.165, 1.54) is 0 Å². The molecule has 1 N–H and O–H groups in total. The zero-order chi connectivity index (χ0) is 19.6. The highest BCUT2D eigenvalue weighted by Gasteiger charge is 2.11. The predicted molar refractivity (Wildman–Crippen MR) is 117 cm³/mol. The summed E-state index contributed by atoms with van der Waals surface area (Å²) >= 11 is 5.31. The van der Waals surface area contributed by atoms with E-state index in [1.807, 2.05) is 30.3 Å². The fraction of sp³-hybridized carbons (Fsp3) is 0.0476. The molecule has 0 bridgehead atoms. The van der Waals surface area contributed by atoms with Crippen molar-refractivity contribution in [3.8, 4) is 27.6 Å². The maximum absolute atomic E-state index is 5.81. The zero-order valence-electron chi connectivity index (χ0n) is 15.0. The normalized spacial score (nSPS) is 11.1. The van der Waals surface area contributed by atoms with Gasteiger partial charge in [-0.25, -0.2) is 4.98 Å². The van der Waals surface area contributed by atoms with Gasteiger partial charge in [-0.2, -0.15) is 5.21 Å². The van der Waals surface area contributed by atoms with E-state index >= 15 is 0 Å². The van der Waals surface area contributed by atoms with Crippen molar-refractivity contribution < 1.29 is 4.74 Å². The number of ether oxygens (including phenoxy) is 1. The first-order valence-corrected chi connectivity index (χ1v) is 10.5. The van der Waals surface area contributed by atoms with E-state index in [4.69, 9.17) is 9.72 Å². The smallest absolute Gasteiger partial charge is 0.211 e. The quantitative estimate of drug-likeness (QED) is 0.373. The van der Waals surface area contributed by atoms with Crippen LogP contribution in [0.1, 0.15) is 5.82 Å². The largest absolute Gasteiger partial charge is 0.484 e. The molecule has 5 aromatic rings. The number of fused-ring (bicyclic) bond motifs is 1. The second-order valence-corrected chi connectivity index (χ2v) is 7.99. The SMILES string of the molecule is Brc1c(OCc2nn[nH]n2)ccc2cc(-c3csc(-c4ccccc4)n3)ccc12. The summed E-state index contributed by atoms with van der Waals surface area (Å²) in [4.78, 5) is 4.81. The number of halogens is 1. The first-order valence-electron chi connectivity index (χ1n) is 8.86. The number of tetrazole rings is 1. The molecule has 142 valence electrons. The summed E-state index contributed by atoms with van der Waals surface area (Å²) in [5, 5.41) is 19.0. The molecule has 29 heavy (non-hydrogen) atoms. The van der Waals surface area contributed by atoms with Crippen LogP contribution in [0.5, 0.6) is 5.75 Å². The van der Waals surface area contributed by atoms with Crippen molar-refractivity contribution in [3.63, 3.8) is 0 Å². The molecule has 8 heteroatoms. The minimum absolute atomic E-state index is 0.250. The lowest BCUT2D eigenvalue weighted by Crippen LogP contribution is -1.98. The van der Waals surface area contributed by atoms with Crippen molar-refractivity contribution in [3.05, 3.63) is 76.3 Å². The zero-order valence-corrected chi connectivity index (χ0v) is 17.4. The number of aromatic amines is 1. The molecule has 0 spiro atoms. The molecule has 0 aliphatic carbocycles. The van der Waals surface area contributed by atoms with Crippen molar-refractivity contribution in [1.29, 1.82) is 0 Å². The number of rotatable bonds is 5. The van der Waals surface area contributed by atoms with Crippen molar-refractivity contribution >= 4 is 38.0 Å². The van der Waals surface area contributed by atoms with Gasteiger partial charge in [-0.05, 0) is 38.8 Å². The molecule has 5 rings (SSSR count). The minimum atomic E-state index is 0.250. The molecule has 6 nitrogen and oxygen atoms in total. The van der Waals surface area contributed by atoms with E-state index in [2.05, 4.69) is 72.3 Å². The summed E-state index contributed by atoms with van der Waals surface area (Å²) in [5.74, 6) is 1.24. The molecule has 0 amide bonds. The van der Waals surface area contributed by atoms with E-state index < -0.39 is 0 Å². The Morgan fingerprint density at radius 2 is 1.90 bits per heavy atom. The van der Waals surface area contributed by atoms with Crippen LogP contribution in [0, 0.1) is 0 Å². The topological polar surface area (TPSA) is 76.6 Å². The van der Waals surface area contributed by atoms with Crippen LogP contribution in [0.2, 0.25) is 0 Å². The molecular formula is C21H14BrN5OS. The number of H-pyrrole nitrogens is 1. The highest BCUT2D eigenvalue weighted by Crippen LogP contribution is 2.36. The average molecular weight is 464 g/mol. The molecule has 2 aromatic heterocycles. The molecule has 2 heterocycles. The fourth-order valence-corrected chi connectivity index (χ4v) is 4.49. The molecule has 0 saturated carbocycles. The molecular weight excluding hydrogens is 450 g/mol. The molecule has 0 unspecified atom stereocenters. The Bertz CT molecular complexity index is 1270. The van der Waals surface area contributed by atoms with Crippen LogP contribution in [-0.2, 0) is 6.61 Å². The van der Waals surface area contributed by atoms with Crippen molar-refractivity contribution in [2.45, 2.75) is 6.61 Å². The molecule has 0 aliphatic rings. The number of nitrogens with zero attached hydrogens (tertiary/aromatic N) is 4. The highest BCUT2D eigenvalue weighted by atomic mass is 79.9. The van der Waals surface area contributed by atoms with Gasteiger partial charge in [0.1, 0.15) is 10.8 Å².